The molecular formula is C34H45F2N3O2. The Hall–Kier alpha value is -2.51. The number of nitrogens with one attached hydrogen (secondary N) is 1. The van der Waals surface area contributed by atoms with Crippen molar-refractivity contribution >= 4 is 5.91 Å². The van der Waals surface area contributed by atoms with Gasteiger partial charge in [-0.05, 0) is 86.7 Å². The molecule has 3 saturated heterocycles. The third-order valence-electron chi connectivity index (χ3n) is 10.8. The molecule has 3 heterocycles. The van der Waals surface area contributed by atoms with Gasteiger partial charge in [-0.25, -0.2) is 8.78 Å². The maximum Gasteiger partial charge on any atom is 0.248 e. The zero-order valence-electron chi connectivity index (χ0n) is 24.4. The lowest BCUT2D eigenvalue weighted by molar-refractivity contribution is -0.139. The second kappa shape index (κ2) is 12.0. The number of piperidine rings is 1. The summed E-state index contributed by atoms with van der Waals surface area (Å²) >= 11 is 0. The van der Waals surface area contributed by atoms with Crippen LogP contribution in [0.1, 0.15) is 68.4 Å². The van der Waals surface area contributed by atoms with Gasteiger partial charge < -0.3 is 15.0 Å². The lowest BCUT2D eigenvalue weighted by Crippen LogP contribution is -2.51. The van der Waals surface area contributed by atoms with Crippen molar-refractivity contribution in [2.24, 2.45) is 17.3 Å². The number of benzene rings is 2. The van der Waals surface area contributed by atoms with E-state index in [4.69, 9.17) is 4.74 Å². The summed E-state index contributed by atoms with van der Waals surface area (Å²) in [5.74, 6) is -0.140. The minimum absolute atomic E-state index is 0.0249. The van der Waals surface area contributed by atoms with Gasteiger partial charge in [0.1, 0.15) is 5.75 Å². The molecule has 4 aliphatic rings. The lowest BCUT2D eigenvalue weighted by atomic mass is 9.73. The van der Waals surface area contributed by atoms with Crippen LogP contribution >= 0.6 is 0 Å². The summed E-state index contributed by atoms with van der Waals surface area (Å²) in [6, 6.07) is 19.1. The Morgan fingerprint density at radius 2 is 1.61 bits per heavy atom. The first-order valence-corrected chi connectivity index (χ1v) is 15.7. The second-order valence-corrected chi connectivity index (χ2v) is 13.1. The Balaban J connectivity index is 1.14. The van der Waals surface area contributed by atoms with E-state index in [0.717, 1.165) is 69.7 Å². The minimum atomic E-state index is -2.49. The average molecular weight is 566 g/mol. The van der Waals surface area contributed by atoms with Crippen LogP contribution in [0.2, 0.25) is 0 Å². The van der Waals surface area contributed by atoms with Crippen molar-refractivity contribution in [2.45, 2.75) is 75.8 Å². The van der Waals surface area contributed by atoms with Gasteiger partial charge in [-0.3, -0.25) is 9.69 Å². The largest absolute Gasteiger partial charge is 0.497 e. The van der Waals surface area contributed by atoms with Crippen LogP contribution in [-0.4, -0.2) is 67.5 Å². The van der Waals surface area contributed by atoms with E-state index in [-0.39, 0.29) is 18.3 Å². The maximum absolute atomic E-state index is 14.0. The average Bonchev–Trinajstić information content (AvgIpc) is 3.60. The third kappa shape index (κ3) is 6.17. The van der Waals surface area contributed by atoms with E-state index in [2.05, 4.69) is 40.5 Å². The number of likely N-dealkylation sites (tertiary alicyclic amines) is 2. The summed E-state index contributed by atoms with van der Waals surface area (Å²) in [5.41, 5.74) is 2.25. The molecule has 1 N–H and O–H groups in total. The van der Waals surface area contributed by atoms with Gasteiger partial charge in [0.15, 0.2) is 0 Å². The fourth-order valence-electron chi connectivity index (χ4n) is 8.18. The van der Waals surface area contributed by atoms with Crippen LogP contribution in [0.15, 0.2) is 54.6 Å². The van der Waals surface area contributed by atoms with E-state index in [1.807, 2.05) is 29.2 Å². The van der Waals surface area contributed by atoms with Gasteiger partial charge in [-0.15, -0.1) is 0 Å². The number of hydrogen-bond acceptors (Lipinski definition) is 4. The van der Waals surface area contributed by atoms with E-state index in [9.17, 15) is 13.6 Å². The minimum Gasteiger partial charge on any atom is -0.497 e. The fourth-order valence-corrected chi connectivity index (χ4v) is 8.18. The number of hydrogen-bond donors (Lipinski definition) is 1. The Morgan fingerprint density at radius 3 is 2.29 bits per heavy atom. The van der Waals surface area contributed by atoms with Gasteiger partial charge in [-0.1, -0.05) is 42.5 Å². The number of halogens is 2. The van der Waals surface area contributed by atoms with Crippen LogP contribution in [0.4, 0.5) is 8.78 Å². The van der Waals surface area contributed by atoms with Crippen molar-refractivity contribution in [2.75, 3.05) is 39.8 Å². The van der Waals surface area contributed by atoms with E-state index in [0.29, 0.717) is 49.1 Å². The van der Waals surface area contributed by atoms with Crippen LogP contribution in [0.5, 0.6) is 5.75 Å². The highest BCUT2D eigenvalue weighted by atomic mass is 19.3. The molecule has 222 valence electrons. The number of nitrogens with zero attached hydrogens (tertiary/aromatic N) is 2. The molecular weight excluding hydrogens is 520 g/mol. The molecule has 2 aromatic rings. The van der Waals surface area contributed by atoms with Crippen LogP contribution in [-0.2, 0) is 11.3 Å². The molecule has 0 radical (unpaired) electrons. The van der Waals surface area contributed by atoms with Crippen LogP contribution in [0.25, 0.3) is 0 Å². The molecule has 1 aliphatic carbocycles. The summed E-state index contributed by atoms with van der Waals surface area (Å²) in [6.45, 7) is 5.21. The van der Waals surface area contributed by atoms with Crippen molar-refractivity contribution in [3.8, 4) is 5.75 Å². The predicted octanol–water partition coefficient (Wildman–Crippen LogP) is 6.10. The Kier molecular flexibility index (Phi) is 8.37. The molecule has 41 heavy (non-hydrogen) atoms. The van der Waals surface area contributed by atoms with Gasteiger partial charge in [0.2, 0.25) is 11.8 Å². The van der Waals surface area contributed by atoms with Gasteiger partial charge >= 0.3 is 0 Å². The SMILES string of the molecule is COc1ccc(CN2CCC3(CCN(C(CC4CCC(F)(F)CC4)[C@@H]4CNC[C@@H]4c4ccccc4)CC3)C2=O)cc1. The molecule has 1 unspecified atom stereocenters. The number of ether oxygens (including phenoxy) is 1. The van der Waals surface area contributed by atoms with E-state index >= 15 is 0 Å². The van der Waals surface area contributed by atoms with Gasteiger partial charge in [0.25, 0.3) is 0 Å². The molecule has 4 fully saturated rings. The molecule has 5 nitrogen and oxygen atoms in total. The van der Waals surface area contributed by atoms with Crippen molar-refractivity contribution in [1.82, 2.24) is 15.1 Å². The highest BCUT2D eigenvalue weighted by Crippen LogP contribution is 2.46. The summed E-state index contributed by atoms with van der Waals surface area (Å²) in [5, 5.41) is 3.67. The van der Waals surface area contributed by atoms with Gasteiger partial charge in [-0.2, -0.15) is 0 Å². The highest BCUT2D eigenvalue weighted by molar-refractivity contribution is 5.85. The molecule has 0 bridgehead atoms. The molecule has 2 aromatic carbocycles. The summed E-state index contributed by atoms with van der Waals surface area (Å²) < 4.78 is 33.3. The predicted molar refractivity (Wildman–Crippen MR) is 157 cm³/mol. The number of rotatable bonds is 8. The molecule has 0 aromatic heterocycles. The number of carbonyl (C=O) groups excluding carboxylic acids is 1. The normalized spacial score (nSPS) is 27.4. The lowest BCUT2D eigenvalue weighted by Gasteiger charge is -2.46. The molecule has 3 atom stereocenters. The quantitative estimate of drug-likeness (QED) is 0.420. The Labute approximate surface area is 243 Å². The first kappa shape index (κ1) is 28.6. The first-order valence-electron chi connectivity index (χ1n) is 15.7. The fraction of sp³-hybridized carbons (Fsp3) is 0.618. The molecule has 1 saturated carbocycles. The molecule has 6 rings (SSSR count). The number of methoxy groups -OCH3 is 1. The van der Waals surface area contributed by atoms with Gasteiger partial charge in [0.05, 0.1) is 12.5 Å². The summed E-state index contributed by atoms with van der Waals surface area (Å²) in [7, 11) is 1.67. The third-order valence-corrected chi connectivity index (χ3v) is 10.8. The molecule has 7 heteroatoms. The summed E-state index contributed by atoms with van der Waals surface area (Å²) in [6.07, 6.45) is 4.98. The molecule has 1 spiro atoms. The Bertz CT molecular complexity index is 1160. The van der Waals surface area contributed by atoms with Crippen LogP contribution in [0.3, 0.4) is 0 Å². The first-order chi connectivity index (χ1) is 19.9. The summed E-state index contributed by atoms with van der Waals surface area (Å²) in [4.78, 5) is 18.4. The van der Waals surface area contributed by atoms with Crippen molar-refractivity contribution in [1.29, 1.82) is 0 Å². The van der Waals surface area contributed by atoms with Crippen LogP contribution < -0.4 is 10.1 Å². The number of carbonyl (C=O) groups is 1. The molecule has 1 amide bonds. The van der Waals surface area contributed by atoms with Crippen molar-refractivity contribution in [3.63, 3.8) is 0 Å². The number of alkyl halides is 2. The highest BCUT2D eigenvalue weighted by Gasteiger charge is 2.50. The van der Waals surface area contributed by atoms with Gasteiger partial charge in [0, 0.05) is 51.0 Å². The molecule has 3 aliphatic heterocycles. The van der Waals surface area contributed by atoms with E-state index < -0.39 is 5.92 Å². The van der Waals surface area contributed by atoms with Crippen molar-refractivity contribution in [3.05, 3.63) is 65.7 Å². The van der Waals surface area contributed by atoms with Crippen LogP contribution in [0, 0.1) is 17.3 Å². The Morgan fingerprint density at radius 1 is 0.927 bits per heavy atom. The van der Waals surface area contributed by atoms with E-state index in [1.54, 1.807) is 7.11 Å². The standard InChI is InChI=1S/C34H45F2N3O2/c1-41-28-9-7-26(8-10-28)24-39-20-17-33(32(39)40)15-18-38(19-16-33)31(21-25-11-13-34(35,36)14-12-25)30-23-37-22-29(30)27-5-3-2-4-6-27/h2-10,25,29-31,37H,11-24H2,1H3/t29-,30-,31?/m1/s1. The zero-order valence-corrected chi connectivity index (χ0v) is 24.4. The number of amides is 1. The second-order valence-electron chi connectivity index (χ2n) is 13.1. The zero-order chi connectivity index (χ0) is 28.5. The smallest absolute Gasteiger partial charge is 0.248 e. The topological polar surface area (TPSA) is 44.8 Å². The maximum atomic E-state index is 14.0. The monoisotopic (exact) mass is 565 g/mol. The van der Waals surface area contributed by atoms with E-state index in [1.165, 1.54) is 5.56 Å². The van der Waals surface area contributed by atoms with Crippen molar-refractivity contribution < 1.29 is 18.3 Å².